The van der Waals surface area contributed by atoms with E-state index in [1.54, 1.807) is 0 Å². The van der Waals surface area contributed by atoms with Crippen molar-refractivity contribution in [2.24, 2.45) is 5.92 Å². The van der Waals surface area contributed by atoms with Gasteiger partial charge in [0.25, 0.3) is 5.91 Å². The van der Waals surface area contributed by atoms with E-state index in [4.69, 9.17) is 5.73 Å². The average Bonchev–Trinajstić information content (AvgIpc) is 2.16. The van der Waals surface area contributed by atoms with Crippen LogP contribution in [0.25, 0.3) is 0 Å². The van der Waals surface area contributed by atoms with Gasteiger partial charge in [0.05, 0.1) is 0 Å². The summed E-state index contributed by atoms with van der Waals surface area (Å²) in [4.78, 5) is 19.7. The molecule has 0 fully saturated rings. The number of nitrogens with one attached hydrogen (secondary N) is 2. The molecule has 1 aromatic heterocycles. The number of carbonyl (C=O) groups excluding carboxylic acids is 1. The minimum atomic E-state index is -0.509. The monoisotopic (exact) mass is 221 g/mol. The van der Waals surface area contributed by atoms with Crippen LogP contribution in [0.2, 0.25) is 0 Å². The minimum Gasteiger partial charge on any atom is -0.368 e. The van der Waals surface area contributed by atoms with Gasteiger partial charge in [-0.3, -0.25) is 4.79 Å². The Balaban J connectivity index is 2.46. The maximum atomic E-state index is 11.8. The van der Waals surface area contributed by atoms with Gasteiger partial charge in [0.15, 0.2) is 0 Å². The fourth-order valence-electron chi connectivity index (χ4n) is 1.53. The molecule has 0 aliphatic carbocycles. The third kappa shape index (κ3) is 1.56. The maximum Gasteiger partial charge on any atom is 0.258 e. The van der Waals surface area contributed by atoms with Gasteiger partial charge in [0.1, 0.15) is 17.0 Å². The van der Waals surface area contributed by atoms with Crippen molar-refractivity contribution < 1.29 is 4.79 Å². The van der Waals surface area contributed by atoms with E-state index < -0.39 is 5.66 Å². The highest BCUT2D eigenvalue weighted by Gasteiger charge is 2.36. The molecule has 1 aliphatic rings. The van der Waals surface area contributed by atoms with E-state index in [0.29, 0.717) is 11.4 Å². The van der Waals surface area contributed by atoms with E-state index in [1.807, 2.05) is 20.8 Å². The Labute approximate surface area is 93.7 Å². The number of hydrogen-bond acceptors (Lipinski definition) is 5. The number of rotatable bonds is 1. The van der Waals surface area contributed by atoms with Crippen molar-refractivity contribution in [3.05, 3.63) is 11.8 Å². The van der Waals surface area contributed by atoms with Crippen LogP contribution in [0.4, 0.5) is 11.8 Å². The second kappa shape index (κ2) is 3.33. The first-order valence-corrected chi connectivity index (χ1v) is 5.15. The summed E-state index contributed by atoms with van der Waals surface area (Å²) in [6, 6.07) is 0. The van der Waals surface area contributed by atoms with Gasteiger partial charge < -0.3 is 16.4 Å². The first-order chi connectivity index (χ1) is 7.42. The molecule has 6 heteroatoms. The number of aromatic nitrogens is 2. The number of nitrogen functional groups attached to an aromatic ring is 1. The Hall–Kier alpha value is -1.85. The van der Waals surface area contributed by atoms with Crippen LogP contribution >= 0.6 is 0 Å². The van der Waals surface area contributed by atoms with Gasteiger partial charge >= 0.3 is 0 Å². The first kappa shape index (κ1) is 10.7. The Morgan fingerprint density at radius 2 is 2.12 bits per heavy atom. The van der Waals surface area contributed by atoms with E-state index in [0.717, 1.165) is 0 Å². The number of nitrogens with zero attached hydrogens (tertiary/aromatic N) is 2. The van der Waals surface area contributed by atoms with Gasteiger partial charge in [-0.15, -0.1) is 0 Å². The molecule has 86 valence electrons. The highest BCUT2D eigenvalue weighted by atomic mass is 16.2. The molecule has 16 heavy (non-hydrogen) atoms. The molecule has 6 nitrogen and oxygen atoms in total. The fraction of sp³-hybridized carbons (Fsp3) is 0.500. The second-order valence-corrected chi connectivity index (χ2v) is 4.43. The van der Waals surface area contributed by atoms with Crippen LogP contribution in [-0.4, -0.2) is 21.5 Å². The van der Waals surface area contributed by atoms with E-state index in [9.17, 15) is 4.79 Å². The van der Waals surface area contributed by atoms with Gasteiger partial charge in [-0.1, -0.05) is 13.8 Å². The van der Waals surface area contributed by atoms with E-state index in [1.165, 1.54) is 6.20 Å². The summed E-state index contributed by atoms with van der Waals surface area (Å²) in [7, 11) is 0. The number of carbonyl (C=O) groups is 1. The Morgan fingerprint density at radius 3 is 2.75 bits per heavy atom. The molecule has 2 rings (SSSR count). The molecule has 1 amide bonds. The lowest BCUT2D eigenvalue weighted by Gasteiger charge is -2.39. The van der Waals surface area contributed by atoms with Crippen LogP contribution in [0, 0.1) is 5.92 Å². The Morgan fingerprint density at radius 1 is 1.44 bits per heavy atom. The predicted octanol–water partition coefficient (Wildman–Crippen LogP) is 0.586. The molecule has 1 aliphatic heterocycles. The summed E-state index contributed by atoms with van der Waals surface area (Å²) in [5.41, 5.74) is 5.41. The van der Waals surface area contributed by atoms with Crippen molar-refractivity contribution >= 4 is 17.7 Å². The first-order valence-electron chi connectivity index (χ1n) is 5.15. The second-order valence-electron chi connectivity index (χ2n) is 4.43. The zero-order chi connectivity index (χ0) is 11.9. The standard InChI is InChI=1S/C10H15N5O/c1-5(2)10(3)14-7-6(8(16)15-10)4-12-9(11)13-7/h4-5H,1-3H3,(H,15,16)(H3,11,12,13,14). The van der Waals surface area contributed by atoms with Gasteiger partial charge in [0, 0.05) is 6.20 Å². The predicted molar refractivity (Wildman–Crippen MR) is 60.8 cm³/mol. The summed E-state index contributed by atoms with van der Waals surface area (Å²) >= 11 is 0. The zero-order valence-corrected chi connectivity index (χ0v) is 9.53. The summed E-state index contributed by atoms with van der Waals surface area (Å²) in [5, 5.41) is 6.08. The SMILES string of the molecule is CC(C)C1(C)NC(=O)c2cnc(N)nc2N1. The number of anilines is 2. The number of fused-ring (bicyclic) bond motifs is 1. The number of hydrogen-bond donors (Lipinski definition) is 3. The van der Waals surface area contributed by atoms with E-state index >= 15 is 0 Å². The quantitative estimate of drug-likeness (QED) is 0.645. The number of amides is 1. The normalized spacial score (nSPS) is 23.6. The molecule has 1 unspecified atom stereocenters. The lowest BCUT2D eigenvalue weighted by atomic mass is 9.95. The topological polar surface area (TPSA) is 92.9 Å². The minimum absolute atomic E-state index is 0.159. The molecule has 0 aromatic carbocycles. The van der Waals surface area contributed by atoms with Gasteiger partial charge in [-0.2, -0.15) is 4.98 Å². The molecule has 1 atom stereocenters. The highest BCUT2D eigenvalue weighted by Crippen LogP contribution is 2.26. The molecule has 0 saturated carbocycles. The lowest BCUT2D eigenvalue weighted by Crippen LogP contribution is -2.59. The number of nitrogens with two attached hydrogens (primary N) is 1. The summed E-state index contributed by atoms with van der Waals surface area (Å²) in [6.07, 6.45) is 1.43. The van der Waals surface area contributed by atoms with Crippen molar-refractivity contribution in [1.82, 2.24) is 15.3 Å². The lowest BCUT2D eigenvalue weighted by molar-refractivity contribution is 0.0882. The Kier molecular flexibility index (Phi) is 2.22. The molecular weight excluding hydrogens is 206 g/mol. The molecule has 1 aromatic rings. The van der Waals surface area contributed by atoms with Crippen molar-refractivity contribution in [2.45, 2.75) is 26.4 Å². The zero-order valence-electron chi connectivity index (χ0n) is 9.53. The van der Waals surface area contributed by atoms with Crippen LogP contribution in [-0.2, 0) is 0 Å². The van der Waals surface area contributed by atoms with Crippen LogP contribution in [0.5, 0.6) is 0 Å². The molecular formula is C10H15N5O. The molecule has 2 heterocycles. The molecule has 0 saturated heterocycles. The van der Waals surface area contributed by atoms with Crippen molar-refractivity contribution in [1.29, 1.82) is 0 Å². The molecule has 0 radical (unpaired) electrons. The fourth-order valence-corrected chi connectivity index (χ4v) is 1.53. The van der Waals surface area contributed by atoms with Crippen molar-refractivity contribution in [2.75, 3.05) is 11.1 Å². The van der Waals surface area contributed by atoms with Gasteiger partial charge in [-0.25, -0.2) is 4.98 Å². The van der Waals surface area contributed by atoms with Gasteiger partial charge in [-0.05, 0) is 12.8 Å². The highest BCUT2D eigenvalue weighted by molar-refractivity contribution is 6.01. The van der Waals surface area contributed by atoms with Crippen LogP contribution < -0.4 is 16.4 Å². The summed E-state index contributed by atoms with van der Waals surface area (Å²) < 4.78 is 0. The third-order valence-corrected chi connectivity index (χ3v) is 2.96. The Bertz CT molecular complexity index is 445. The van der Waals surface area contributed by atoms with Crippen LogP contribution in [0.15, 0.2) is 6.20 Å². The van der Waals surface area contributed by atoms with Crippen molar-refractivity contribution in [3.63, 3.8) is 0 Å². The van der Waals surface area contributed by atoms with Gasteiger partial charge in [0.2, 0.25) is 5.95 Å². The third-order valence-electron chi connectivity index (χ3n) is 2.96. The van der Waals surface area contributed by atoms with Crippen molar-refractivity contribution in [3.8, 4) is 0 Å². The molecule has 0 bridgehead atoms. The summed E-state index contributed by atoms with van der Waals surface area (Å²) in [6.45, 7) is 5.95. The van der Waals surface area contributed by atoms with E-state index in [2.05, 4.69) is 20.6 Å². The smallest absolute Gasteiger partial charge is 0.258 e. The van der Waals surface area contributed by atoms with E-state index in [-0.39, 0.29) is 17.8 Å². The molecule has 0 spiro atoms. The van der Waals surface area contributed by atoms with Crippen LogP contribution in [0.3, 0.4) is 0 Å². The average molecular weight is 221 g/mol. The van der Waals surface area contributed by atoms with Crippen LogP contribution in [0.1, 0.15) is 31.1 Å². The maximum absolute atomic E-state index is 11.8. The summed E-state index contributed by atoms with van der Waals surface area (Å²) in [5.74, 6) is 0.699. The molecule has 4 N–H and O–H groups in total. The largest absolute Gasteiger partial charge is 0.368 e.